The van der Waals surface area contributed by atoms with Crippen LogP contribution in [-0.4, -0.2) is 17.2 Å². The molecule has 1 aromatic heterocycles. The fourth-order valence-corrected chi connectivity index (χ4v) is 2.97. The Labute approximate surface area is 109 Å². The van der Waals surface area contributed by atoms with Gasteiger partial charge in [-0.05, 0) is 43.9 Å². The fourth-order valence-electron chi connectivity index (χ4n) is 2.97. The largest absolute Gasteiger partial charge is 0.314 e. The predicted molar refractivity (Wildman–Crippen MR) is 74.9 cm³/mol. The number of hydrogen-bond acceptors (Lipinski definition) is 2. The van der Waals surface area contributed by atoms with E-state index in [1.54, 1.807) is 6.07 Å². The molecule has 1 aliphatic rings. The van der Waals surface area contributed by atoms with E-state index < -0.39 is 0 Å². The topological polar surface area (TPSA) is 34.0 Å². The average Bonchev–Trinajstić information content (AvgIpc) is 2.85. The van der Waals surface area contributed by atoms with E-state index in [0.29, 0.717) is 6.04 Å². The number of nitrogens with zero attached hydrogens (tertiary/aromatic N) is 1. The van der Waals surface area contributed by atoms with Crippen molar-refractivity contribution in [3.8, 4) is 0 Å². The minimum Gasteiger partial charge on any atom is -0.314 e. The second-order valence-electron chi connectivity index (χ2n) is 5.40. The quantitative estimate of drug-likeness (QED) is 0.867. The lowest BCUT2D eigenvalue weighted by Crippen LogP contribution is -2.41. The normalized spacial score (nSPS) is 18.1. The van der Waals surface area contributed by atoms with Gasteiger partial charge in [-0.25, -0.2) is 0 Å². The molecule has 1 unspecified atom stereocenters. The first-order chi connectivity index (χ1) is 8.70. The zero-order valence-corrected chi connectivity index (χ0v) is 11.5. The molecule has 0 bridgehead atoms. The Kier molecular flexibility index (Phi) is 4.59. The zero-order chi connectivity index (χ0) is 13.0. The number of hydrogen-bond donors (Lipinski definition) is 1. The van der Waals surface area contributed by atoms with E-state index >= 15 is 0 Å². The summed E-state index contributed by atoms with van der Waals surface area (Å²) in [7, 11) is 0. The van der Waals surface area contributed by atoms with Gasteiger partial charge in [0.2, 0.25) is 0 Å². The average molecular weight is 248 g/mol. The molecule has 2 rings (SSSR count). The van der Waals surface area contributed by atoms with Gasteiger partial charge in [0.15, 0.2) is 0 Å². The molecule has 0 spiro atoms. The molecule has 1 N–H and O–H groups in total. The number of aryl methyl sites for hydroxylation is 1. The van der Waals surface area contributed by atoms with Crippen molar-refractivity contribution in [1.82, 2.24) is 9.88 Å². The van der Waals surface area contributed by atoms with Crippen LogP contribution in [0.5, 0.6) is 0 Å². The molecule has 100 valence electrons. The maximum absolute atomic E-state index is 11.9. The van der Waals surface area contributed by atoms with Gasteiger partial charge in [0.1, 0.15) is 0 Å². The highest BCUT2D eigenvalue weighted by Crippen LogP contribution is 2.28. The smallest absolute Gasteiger partial charge is 0.250 e. The number of nitrogens with one attached hydrogen (secondary N) is 1. The molecule has 0 aromatic carbocycles. The van der Waals surface area contributed by atoms with Crippen molar-refractivity contribution in [2.75, 3.05) is 6.54 Å². The molecule has 1 saturated carbocycles. The molecule has 1 fully saturated rings. The molecule has 3 nitrogen and oxygen atoms in total. The van der Waals surface area contributed by atoms with Gasteiger partial charge >= 0.3 is 0 Å². The molecule has 3 heteroatoms. The summed E-state index contributed by atoms with van der Waals surface area (Å²) < 4.78 is 1.85. The van der Waals surface area contributed by atoms with E-state index in [0.717, 1.165) is 24.6 Å². The summed E-state index contributed by atoms with van der Waals surface area (Å²) >= 11 is 0. The summed E-state index contributed by atoms with van der Waals surface area (Å²) in [5.74, 6) is 0.734. The molecule has 0 aliphatic heterocycles. The molecular formula is C15H24N2O. The molecule has 1 atom stereocenters. The maximum atomic E-state index is 11.9. The van der Waals surface area contributed by atoms with Gasteiger partial charge in [-0.1, -0.05) is 19.8 Å². The molecular weight excluding hydrogens is 224 g/mol. The van der Waals surface area contributed by atoms with Gasteiger partial charge in [-0.2, -0.15) is 0 Å². The van der Waals surface area contributed by atoms with Crippen LogP contribution in [-0.2, 0) is 6.54 Å². The van der Waals surface area contributed by atoms with Crippen LogP contribution in [0.3, 0.4) is 0 Å². The van der Waals surface area contributed by atoms with E-state index in [9.17, 15) is 4.79 Å². The molecule has 18 heavy (non-hydrogen) atoms. The van der Waals surface area contributed by atoms with Crippen molar-refractivity contribution in [3.63, 3.8) is 0 Å². The SMILES string of the molecule is CCNC(Cn1ccc(C)cc1=O)C1CCCC1. The minimum absolute atomic E-state index is 0.121. The molecule has 0 amide bonds. The lowest BCUT2D eigenvalue weighted by Gasteiger charge is -2.25. The Morgan fingerprint density at radius 3 is 2.78 bits per heavy atom. The van der Waals surface area contributed by atoms with Crippen LogP contribution in [0, 0.1) is 12.8 Å². The molecule has 1 heterocycles. The zero-order valence-electron chi connectivity index (χ0n) is 11.5. The molecule has 1 aromatic rings. The van der Waals surface area contributed by atoms with E-state index in [2.05, 4.69) is 12.2 Å². The first-order valence-corrected chi connectivity index (χ1v) is 7.11. The monoisotopic (exact) mass is 248 g/mol. The summed E-state index contributed by atoms with van der Waals surface area (Å²) in [5.41, 5.74) is 1.16. The van der Waals surface area contributed by atoms with E-state index in [1.807, 2.05) is 23.8 Å². The van der Waals surface area contributed by atoms with Gasteiger partial charge in [0, 0.05) is 24.8 Å². The minimum atomic E-state index is 0.121. The summed E-state index contributed by atoms with van der Waals surface area (Å²) in [6, 6.07) is 4.18. The number of pyridine rings is 1. The van der Waals surface area contributed by atoms with E-state index in [-0.39, 0.29) is 5.56 Å². The standard InChI is InChI=1S/C15H24N2O/c1-3-16-14(13-6-4-5-7-13)11-17-9-8-12(2)10-15(17)18/h8-10,13-14,16H,3-7,11H2,1-2H3. The van der Waals surface area contributed by atoms with E-state index in [4.69, 9.17) is 0 Å². The first-order valence-electron chi connectivity index (χ1n) is 7.11. The Morgan fingerprint density at radius 2 is 2.17 bits per heavy atom. The third-order valence-electron chi connectivity index (χ3n) is 3.98. The van der Waals surface area contributed by atoms with Gasteiger partial charge in [0.05, 0.1) is 0 Å². The van der Waals surface area contributed by atoms with Crippen molar-refractivity contribution in [2.45, 2.75) is 52.1 Å². The van der Waals surface area contributed by atoms with Gasteiger partial charge in [0.25, 0.3) is 5.56 Å². The molecule has 0 radical (unpaired) electrons. The van der Waals surface area contributed by atoms with Gasteiger partial charge in [-0.3, -0.25) is 4.79 Å². The van der Waals surface area contributed by atoms with Crippen molar-refractivity contribution < 1.29 is 0 Å². The molecule has 1 aliphatic carbocycles. The van der Waals surface area contributed by atoms with Crippen LogP contribution in [0.4, 0.5) is 0 Å². The van der Waals surface area contributed by atoms with Crippen molar-refractivity contribution in [3.05, 3.63) is 34.2 Å². The summed E-state index contributed by atoms with van der Waals surface area (Å²) in [4.78, 5) is 11.9. The van der Waals surface area contributed by atoms with Crippen LogP contribution in [0.15, 0.2) is 23.1 Å². The number of aromatic nitrogens is 1. The maximum Gasteiger partial charge on any atom is 0.250 e. The highest BCUT2D eigenvalue weighted by molar-refractivity contribution is 5.08. The Balaban J connectivity index is 2.09. The van der Waals surface area contributed by atoms with Crippen LogP contribution >= 0.6 is 0 Å². The summed E-state index contributed by atoms with van der Waals surface area (Å²) in [5, 5.41) is 3.56. The van der Waals surface area contributed by atoms with Crippen LogP contribution in [0.2, 0.25) is 0 Å². The van der Waals surface area contributed by atoms with Crippen molar-refractivity contribution >= 4 is 0 Å². The van der Waals surface area contributed by atoms with Gasteiger partial charge < -0.3 is 9.88 Å². The lowest BCUT2D eigenvalue weighted by molar-refractivity contribution is 0.324. The van der Waals surface area contributed by atoms with Crippen LogP contribution < -0.4 is 10.9 Å². The summed E-state index contributed by atoms with van der Waals surface area (Å²) in [6.45, 7) is 5.88. The fraction of sp³-hybridized carbons (Fsp3) is 0.667. The van der Waals surface area contributed by atoms with E-state index in [1.165, 1.54) is 25.7 Å². The first kappa shape index (κ1) is 13.3. The van der Waals surface area contributed by atoms with Gasteiger partial charge in [-0.15, -0.1) is 0 Å². The second-order valence-corrected chi connectivity index (χ2v) is 5.40. The van der Waals surface area contributed by atoms with Crippen molar-refractivity contribution in [2.24, 2.45) is 5.92 Å². The van der Waals surface area contributed by atoms with Crippen molar-refractivity contribution in [1.29, 1.82) is 0 Å². The Bertz CT molecular complexity index is 432. The lowest BCUT2D eigenvalue weighted by atomic mass is 9.98. The predicted octanol–water partition coefficient (Wildman–Crippen LogP) is 2.33. The second kappa shape index (κ2) is 6.19. The summed E-state index contributed by atoms with van der Waals surface area (Å²) in [6.07, 6.45) is 7.22. The Morgan fingerprint density at radius 1 is 1.44 bits per heavy atom. The number of rotatable bonds is 5. The molecule has 0 saturated heterocycles. The highest BCUT2D eigenvalue weighted by Gasteiger charge is 2.24. The highest BCUT2D eigenvalue weighted by atomic mass is 16.1. The van der Waals surface area contributed by atoms with Crippen LogP contribution in [0.1, 0.15) is 38.2 Å². The third-order valence-corrected chi connectivity index (χ3v) is 3.98. The van der Waals surface area contributed by atoms with Crippen LogP contribution in [0.25, 0.3) is 0 Å². The third kappa shape index (κ3) is 3.22. The Hall–Kier alpha value is -1.09. The number of likely N-dealkylation sites (N-methyl/N-ethyl adjacent to an activating group) is 1.